The van der Waals surface area contributed by atoms with Gasteiger partial charge in [-0.25, -0.2) is 4.98 Å². The highest BCUT2D eigenvalue weighted by atomic mass is 32.1. The van der Waals surface area contributed by atoms with Gasteiger partial charge in [0.05, 0.1) is 22.4 Å². The minimum atomic E-state index is 0.117. The van der Waals surface area contributed by atoms with E-state index in [0.717, 1.165) is 25.1 Å². The van der Waals surface area contributed by atoms with Crippen LogP contribution in [0.25, 0.3) is 0 Å². The van der Waals surface area contributed by atoms with E-state index in [4.69, 9.17) is 4.98 Å². The van der Waals surface area contributed by atoms with Crippen molar-refractivity contribution in [3.05, 3.63) is 34.0 Å². The Morgan fingerprint density at radius 3 is 2.67 bits per heavy atom. The lowest BCUT2D eigenvalue weighted by molar-refractivity contribution is 0.506. The van der Waals surface area contributed by atoms with Gasteiger partial charge in [0.1, 0.15) is 0 Å². The van der Waals surface area contributed by atoms with Gasteiger partial charge < -0.3 is 5.32 Å². The van der Waals surface area contributed by atoms with E-state index >= 15 is 0 Å². The maximum Gasteiger partial charge on any atom is 0.0948 e. The van der Waals surface area contributed by atoms with Crippen LogP contribution in [0.5, 0.6) is 0 Å². The van der Waals surface area contributed by atoms with Crippen LogP contribution >= 0.6 is 11.3 Å². The molecule has 2 aromatic rings. The van der Waals surface area contributed by atoms with Crippen molar-refractivity contribution >= 4 is 11.3 Å². The molecule has 2 aromatic heterocycles. The van der Waals surface area contributed by atoms with Crippen molar-refractivity contribution in [3.63, 3.8) is 0 Å². The highest BCUT2D eigenvalue weighted by Gasteiger charge is 2.20. The fourth-order valence-corrected chi connectivity index (χ4v) is 3.21. The predicted octanol–water partition coefficient (Wildman–Crippen LogP) is 3.46. The number of hydrogen-bond acceptors (Lipinski definition) is 4. The van der Waals surface area contributed by atoms with E-state index < -0.39 is 0 Å². The van der Waals surface area contributed by atoms with Gasteiger partial charge in [-0.05, 0) is 19.0 Å². The lowest BCUT2D eigenvalue weighted by Gasteiger charge is -2.16. The average Bonchev–Trinajstić information content (AvgIpc) is 3.02. The van der Waals surface area contributed by atoms with E-state index in [1.54, 1.807) is 11.3 Å². The minimum absolute atomic E-state index is 0.117. The average molecular weight is 306 g/mol. The van der Waals surface area contributed by atoms with Crippen molar-refractivity contribution in [2.75, 3.05) is 6.54 Å². The summed E-state index contributed by atoms with van der Waals surface area (Å²) in [5.74, 6) is 0. The Balaban J connectivity index is 2.13. The third kappa shape index (κ3) is 4.38. The van der Waals surface area contributed by atoms with Gasteiger partial charge in [-0.3, -0.25) is 4.68 Å². The lowest BCUT2D eigenvalue weighted by atomic mass is 9.93. The van der Waals surface area contributed by atoms with E-state index in [2.05, 4.69) is 49.6 Å². The molecule has 2 heterocycles. The molecule has 0 aromatic carbocycles. The number of hydrogen-bond donors (Lipinski definition) is 1. The molecule has 0 saturated heterocycles. The molecule has 2 rings (SSSR count). The van der Waals surface area contributed by atoms with Crippen LogP contribution < -0.4 is 5.32 Å². The zero-order chi connectivity index (χ0) is 15.5. The standard InChI is InChI=1S/C16H26N4S/c1-6-8-17-13(12-7-9-20(5)19-12)10-15-18-14(11-21-15)16(2,3)4/h7,9,11,13,17H,6,8,10H2,1-5H3. The topological polar surface area (TPSA) is 42.7 Å². The molecule has 0 saturated carbocycles. The molecule has 0 aliphatic heterocycles. The number of aryl methyl sites for hydroxylation is 1. The van der Waals surface area contributed by atoms with Crippen LogP contribution in [-0.2, 0) is 18.9 Å². The van der Waals surface area contributed by atoms with Crippen LogP contribution in [0.4, 0.5) is 0 Å². The van der Waals surface area contributed by atoms with Crippen LogP contribution in [0.1, 0.15) is 56.6 Å². The highest BCUT2D eigenvalue weighted by Crippen LogP contribution is 2.26. The summed E-state index contributed by atoms with van der Waals surface area (Å²) in [6, 6.07) is 2.33. The predicted molar refractivity (Wildman–Crippen MR) is 88.8 cm³/mol. The van der Waals surface area contributed by atoms with Crippen LogP contribution in [0, 0.1) is 0 Å². The van der Waals surface area contributed by atoms with Crippen molar-refractivity contribution in [1.82, 2.24) is 20.1 Å². The molecule has 0 bridgehead atoms. The first-order chi connectivity index (χ1) is 9.90. The minimum Gasteiger partial charge on any atom is -0.308 e. The van der Waals surface area contributed by atoms with Crippen LogP contribution in [0.15, 0.2) is 17.6 Å². The van der Waals surface area contributed by atoms with Crippen molar-refractivity contribution < 1.29 is 0 Å². The zero-order valence-corrected chi connectivity index (χ0v) is 14.5. The summed E-state index contributed by atoms with van der Waals surface area (Å²) in [6.45, 7) is 9.80. The van der Waals surface area contributed by atoms with Crippen LogP contribution in [0.2, 0.25) is 0 Å². The van der Waals surface area contributed by atoms with Crippen molar-refractivity contribution in [3.8, 4) is 0 Å². The second kappa shape index (κ2) is 6.71. The van der Waals surface area contributed by atoms with Crippen molar-refractivity contribution in [2.45, 2.75) is 52.0 Å². The van der Waals surface area contributed by atoms with E-state index in [1.807, 2.05) is 17.9 Å². The summed E-state index contributed by atoms with van der Waals surface area (Å²) in [4.78, 5) is 4.81. The van der Waals surface area contributed by atoms with E-state index in [-0.39, 0.29) is 11.5 Å². The summed E-state index contributed by atoms with van der Waals surface area (Å²) >= 11 is 1.75. The molecule has 0 fully saturated rings. The molecule has 0 spiro atoms. The van der Waals surface area contributed by atoms with Gasteiger partial charge in [0.15, 0.2) is 0 Å². The Labute approximate surface area is 131 Å². The molecule has 4 nitrogen and oxygen atoms in total. The molecule has 0 aliphatic rings. The smallest absolute Gasteiger partial charge is 0.0948 e. The number of nitrogens with one attached hydrogen (secondary N) is 1. The van der Waals surface area contributed by atoms with Crippen molar-refractivity contribution in [2.24, 2.45) is 7.05 Å². The summed E-state index contributed by atoms with van der Waals surface area (Å²) in [5.41, 5.74) is 2.39. The van der Waals surface area contributed by atoms with Gasteiger partial charge >= 0.3 is 0 Å². The first-order valence-corrected chi connectivity index (χ1v) is 8.46. The number of aromatic nitrogens is 3. The monoisotopic (exact) mass is 306 g/mol. The Morgan fingerprint density at radius 2 is 2.14 bits per heavy atom. The second-order valence-electron chi connectivity index (χ2n) is 6.50. The molecule has 1 unspecified atom stereocenters. The lowest BCUT2D eigenvalue weighted by Crippen LogP contribution is -2.24. The molecular weight excluding hydrogens is 280 g/mol. The second-order valence-corrected chi connectivity index (χ2v) is 7.44. The molecule has 5 heteroatoms. The number of rotatable bonds is 6. The molecule has 116 valence electrons. The van der Waals surface area contributed by atoms with Gasteiger partial charge in [-0.2, -0.15) is 5.10 Å². The van der Waals surface area contributed by atoms with Gasteiger partial charge in [-0.1, -0.05) is 27.7 Å². The molecule has 1 atom stereocenters. The molecule has 0 aliphatic carbocycles. The molecular formula is C16H26N4S. The Kier molecular flexibility index (Phi) is 5.17. The third-order valence-electron chi connectivity index (χ3n) is 3.43. The Bertz CT molecular complexity index is 565. The first kappa shape index (κ1) is 16.2. The van der Waals surface area contributed by atoms with Gasteiger partial charge in [0.2, 0.25) is 0 Å². The summed E-state index contributed by atoms with van der Waals surface area (Å²) in [6.07, 6.45) is 4.02. The maximum absolute atomic E-state index is 4.81. The third-order valence-corrected chi connectivity index (χ3v) is 4.30. The maximum atomic E-state index is 4.81. The molecule has 1 N–H and O–H groups in total. The summed E-state index contributed by atoms with van der Waals surface area (Å²) in [7, 11) is 1.96. The van der Waals surface area contributed by atoms with E-state index in [9.17, 15) is 0 Å². The Morgan fingerprint density at radius 1 is 1.38 bits per heavy atom. The van der Waals surface area contributed by atoms with Gasteiger partial charge in [0.25, 0.3) is 0 Å². The van der Waals surface area contributed by atoms with Gasteiger partial charge in [-0.15, -0.1) is 11.3 Å². The summed E-state index contributed by atoms with van der Waals surface area (Å²) < 4.78 is 1.86. The largest absolute Gasteiger partial charge is 0.308 e. The fraction of sp³-hybridized carbons (Fsp3) is 0.625. The normalized spacial score (nSPS) is 13.6. The van der Waals surface area contributed by atoms with Crippen molar-refractivity contribution in [1.29, 1.82) is 0 Å². The zero-order valence-electron chi connectivity index (χ0n) is 13.7. The SMILES string of the molecule is CCCNC(Cc1nc(C(C)(C)C)cs1)c1ccn(C)n1. The van der Waals surface area contributed by atoms with Crippen LogP contribution in [-0.4, -0.2) is 21.3 Å². The fourth-order valence-electron chi connectivity index (χ4n) is 2.14. The van der Waals surface area contributed by atoms with Crippen LogP contribution in [0.3, 0.4) is 0 Å². The number of nitrogens with zero attached hydrogens (tertiary/aromatic N) is 3. The molecule has 21 heavy (non-hydrogen) atoms. The van der Waals surface area contributed by atoms with E-state index in [0.29, 0.717) is 0 Å². The molecule has 0 radical (unpaired) electrons. The van der Waals surface area contributed by atoms with E-state index in [1.165, 1.54) is 10.7 Å². The quantitative estimate of drug-likeness (QED) is 0.889. The Hall–Kier alpha value is -1.20. The highest BCUT2D eigenvalue weighted by molar-refractivity contribution is 7.09. The summed E-state index contributed by atoms with van der Waals surface area (Å²) in [5, 5.41) is 11.5. The molecule has 0 amide bonds. The number of thiazole rings is 1. The van der Waals surface area contributed by atoms with Gasteiger partial charge in [0, 0.05) is 30.5 Å². The first-order valence-electron chi connectivity index (χ1n) is 7.58.